The highest BCUT2D eigenvalue weighted by Gasteiger charge is 2.23. The average Bonchev–Trinajstić information content (AvgIpc) is 1.30. The fraction of sp³-hybridized carbons (Fsp3) is 0. The van der Waals surface area contributed by atoms with Crippen molar-refractivity contribution in [2.24, 2.45) is 0 Å². The Bertz CT molecular complexity index is 7170. The second-order valence-corrected chi connectivity index (χ2v) is 28.7. The number of anilines is 6. The smallest absolute Gasteiger partial charge is 0.0541 e. The molecule has 0 radical (unpaired) electrons. The molecule has 6 nitrogen and oxygen atoms in total. The quantitative estimate of drug-likeness (QED) is 0.115. The predicted molar refractivity (Wildman–Crippen MR) is 473 cm³/mol. The van der Waals surface area contributed by atoms with E-state index >= 15 is 0 Å². The zero-order chi connectivity index (χ0) is 74.0. The monoisotopic (exact) mass is 1430 g/mol. The van der Waals surface area contributed by atoms with Crippen molar-refractivity contribution in [2.45, 2.75) is 0 Å². The maximum atomic E-state index is 2.42. The van der Waals surface area contributed by atoms with Gasteiger partial charge in [0.05, 0.1) is 61.2 Å². The molecule has 22 rings (SSSR count). The van der Waals surface area contributed by atoms with Crippen LogP contribution in [0.2, 0.25) is 0 Å². The largest absolute Gasteiger partial charge is 0.311 e. The van der Waals surface area contributed by atoms with Crippen LogP contribution in [0.25, 0.3) is 154 Å². The van der Waals surface area contributed by atoms with Gasteiger partial charge in [0.15, 0.2) is 0 Å². The summed E-state index contributed by atoms with van der Waals surface area (Å²) in [5.74, 6) is 0. The Kier molecular flexibility index (Phi) is 16.1. The van der Waals surface area contributed by atoms with Crippen LogP contribution >= 0.6 is 0 Å². The number of para-hydroxylation sites is 11. The van der Waals surface area contributed by atoms with Gasteiger partial charge in [-0.2, -0.15) is 0 Å². The summed E-state index contributed by atoms with van der Waals surface area (Å²) in [6.45, 7) is 0. The molecule has 0 aliphatic carbocycles. The highest BCUT2D eigenvalue weighted by molar-refractivity contribution is 6.15. The topological polar surface area (TPSA) is 26.2 Å². The molecule has 6 heteroatoms. The number of hydrogen-bond acceptors (Lipinski definition) is 2. The van der Waals surface area contributed by atoms with E-state index < -0.39 is 0 Å². The Morgan fingerprint density at radius 2 is 0.438 bits per heavy atom. The van der Waals surface area contributed by atoms with E-state index in [1.165, 1.54) is 154 Å². The van der Waals surface area contributed by atoms with Gasteiger partial charge in [0.1, 0.15) is 0 Å². The van der Waals surface area contributed by atoms with Gasteiger partial charge in [-0.15, -0.1) is 0 Å². The fourth-order valence-corrected chi connectivity index (χ4v) is 17.4. The number of benzene rings is 18. The van der Waals surface area contributed by atoms with Gasteiger partial charge in [-0.25, -0.2) is 0 Å². The Balaban J connectivity index is 0.000000142. The van der Waals surface area contributed by atoms with Crippen molar-refractivity contribution in [3.05, 3.63) is 437 Å². The average molecular weight is 1430 g/mol. The van der Waals surface area contributed by atoms with Gasteiger partial charge in [0, 0.05) is 99.2 Å². The van der Waals surface area contributed by atoms with Crippen LogP contribution in [-0.2, 0) is 0 Å². The first kappa shape index (κ1) is 65.3. The summed E-state index contributed by atoms with van der Waals surface area (Å²) in [5.41, 5.74) is 28.1. The van der Waals surface area contributed by atoms with E-state index in [0.29, 0.717) is 0 Å². The third-order valence-corrected chi connectivity index (χ3v) is 22.4. The highest BCUT2D eigenvalue weighted by Crippen LogP contribution is 2.46. The zero-order valence-electron chi connectivity index (χ0n) is 61.3. The second kappa shape index (κ2) is 27.7. The summed E-state index contributed by atoms with van der Waals surface area (Å²) in [4.78, 5) is 4.72. The van der Waals surface area contributed by atoms with Crippen molar-refractivity contribution >= 4 is 132 Å². The van der Waals surface area contributed by atoms with Crippen molar-refractivity contribution < 1.29 is 0 Å². The lowest BCUT2D eigenvalue weighted by atomic mass is 10.0. The van der Waals surface area contributed by atoms with Gasteiger partial charge in [0.2, 0.25) is 0 Å². The molecule has 0 atom stereocenters. The van der Waals surface area contributed by atoms with Crippen LogP contribution in [0, 0.1) is 0 Å². The van der Waals surface area contributed by atoms with E-state index in [0.717, 1.165) is 34.1 Å². The molecule has 0 aliphatic rings. The van der Waals surface area contributed by atoms with Crippen LogP contribution in [0.1, 0.15) is 0 Å². The number of hydrogen-bond donors (Lipinski definition) is 0. The minimum Gasteiger partial charge on any atom is -0.311 e. The van der Waals surface area contributed by atoms with Crippen LogP contribution in [-0.4, -0.2) is 18.3 Å². The molecule has 0 N–H and O–H groups in total. The van der Waals surface area contributed by atoms with Crippen molar-refractivity contribution in [1.82, 2.24) is 18.3 Å². The van der Waals surface area contributed by atoms with Crippen LogP contribution < -0.4 is 9.80 Å². The minimum absolute atomic E-state index is 1.10. The van der Waals surface area contributed by atoms with Crippen LogP contribution in [0.3, 0.4) is 0 Å². The maximum absolute atomic E-state index is 2.42. The Morgan fingerprint density at radius 1 is 0.152 bits per heavy atom. The Morgan fingerprint density at radius 3 is 0.884 bits per heavy atom. The summed E-state index contributed by atoms with van der Waals surface area (Å²) in [6.07, 6.45) is 0. The van der Waals surface area contributed by atoms with Gasteiger partial charge in [0.25, 0.3) is 0 Å². The molecule has 526 valence electrons. The molecular weight excluding hydrogens is 1360 g/mol. The first-order valence-corrected chi connectivity index (χ1v) is 38.4. The third-order valence-electron chi connectivity index (χ3n) is 22.4. The van der Waals surface area contributed by atoms with E-state index in [4.69, 9.17) is 0 Å². The van der Waals surface area contributed by atoms with E-state index in [-0.39, 0.29) is 0 Å². The lowest BCUT2D eigenvalue weighted by molar-refractivity contribution is 1.18. The molecule has 112 heavy (non-hydrogen) atoms. The molecule has 0 amide bonds. The number of rotatable bonds is 13. The molecular formula is C106H72N6. The first-order chi connectivity index (χ1) is 55.6. The lowest BCUT2D eigenvalue weighted by Crippen LogP contribution is -2.10. The zero-order valence-corrected chi connectivity index (χ0v) is 61.3. The molecule has 18 aromatic carbocycles. The first-order valence-electron chi connectivity index (χ1n) is 38.4. The normalized spacial score (nSPS) is 11.6. The summed E-state index contributed by atoms with van der Waals surface area (Å²) in [6, 6.07) is 158. The van der Waals surface area contributed by atoms with Gasteiger partial charge in [-0.3, -0.25) is 0 Å². The van der Waals surface area contributed by atoms with Gasteiger partial charge < -0.3 is 28.1 Å². The third kappa shape index (κ3) is 11.2. The van der Waals surface area contributed by atoms with Gasteiger partial charge >= 0.3 is 0 Å². The summed E-state index contributed by atoms with van der Waals surface area (Å²) in [5, 5.41) is 12.5. The van der Waals surface area contributed by atoms with Gasteiger partial charge in [-0.05, 0) is 192 Å². The van der Waals surface area contributed by atoms with E-state index in [1.807, 2.05) is 0 Å². The molecule has 0 saturated carbocycles. The van der Waals surface area contributed by atoms with Crippen LogP contribution in [0.15, 0.2) is 437 Å². The van der Waals surface area contributed by atoms with Crippen LogP contribution in [0.4, 0.5) is 34.1 Å². The SMILES string of the molecule is c1ccc(N(c2ccc(-c3ccc4c(c3)c3ccccc3n4-c3ccccc3)cc2)c2ccc(-c3ccccc3-n3c4ccccc4c4ccccc43)cc2)cc1.c1ccc(N(c2ccc(-c3ccc4c(c3)c3ccccc3n4-c3ccccc3)cc2)c2cccc3c(-n4c5ccccc5c5ccccc54)cccc23)cc1. The molecule has 0 spiro atoms. The molecule has 4 aromatic heterocycles. The summed E-state index contributed by atoms with van der Waals surface area (Å²) < 4.78 is 9.56. The summed E-state index contributed by atoms with van der Waals surface area (Å²) >= 11 is 0. The Labute approximate surface area is 648 Å². The predicted octanol–water partition coefficient (Wildman–Crippen LogP) is 28.9. The highest BCUT2D eigenvalue weighted by atomic mass is 15.2. The van der Waals surface area contributed by atoms with Gasteiger partial charge in [-0.1, -0.05) is 273 Å². The molecule has 0 unspecified atom stereocenters. The number of aromatic nitrogens is 4. The van der Waals surface area contributed by atoms with Crippen molar-refractivity contribution in [3.8, 4) is 56.1 Å². The fourth-order valence-electron chi connectivity index (χ4n) is 17.4. The molecule has 0 bridgehead atoms. The molecule has 0 aliphatic heterocycles. The van der Waals surface area contributed by atoms with E-state index in [9.17, 15) is 0 Å². The second-order valence-electron chi connectivity index (χ2n) is 28.7. The molecule has 0 fully saturated rings. The van der Waals surface area contributed by atoms with Crippen molar-refractivity contribution in [3.63, 3.8) is 0 Å². The Hall–Kier alpha value is -15.0. The minimum atomic E-state index is 1.10. The number of fused-ring (bicyclic) bond motifs is 13. The van der Waals surface area contributed by atoms with Crippen molar-refractivity contribution in [1.29, 1.82) is 0 Å². The molecule has 22 aromatic rings. The standard InChI is InChI=1S/C54H37N3.C52H35N3/c1-3-15-41(16-4-1)55(43-32-27-38(28-33-43)40-31-36-54-49(37-40)48-22-10-12-24-51(48)56(54)42-17-5-2-6-18-42)44-34-29-39(30-35-44)45-19-7-11-23-50(45)57-52-25-13-8-20-46(52)47-21-9-14-26-53(47)57;1-3-15-38(16-4-1)53(47-27-13-23-44-43(47)22-14-28-51(44)55-49-25-11-7-19-41(49)42-20-8-12-26-50(42)55)40-32-29-36(30-33-40)37-31-34-52-46(35-37)45-21-9-10-24-48(45)54(52)39-17-5-2-6-18-39/h1-37H;1-35H. The van der Waals surface area contributed by atoms with Crippen molar-refractivity contribution in [2.75, 3.05) is 9.80 Å². The van der Waals surface area contributed by atoms with E-state index in [2.05, 4.69) is 465 Å². The lowest BCUT2D eigenvalue weighted by Gasteiger charge is -2.27. The summed E-state index contributed by atoms with van der Waals surface area (Å²) in [7, 11) is 0. The molecule has 0 saturated heterocycles. The van der Waals surface area contributed by atoms with Crippen LogP contribution in [0.5, 0.6) is 0 Å². The maximum Gasteiger partial charge on any atom is 0.0541 e. The number of nitrogens with zero attached hydrogens (tertiary/aromatic N) is 6. The molecule has 4 heterocycles. The van der Waals surface area contributed by atoms with E-state index in [1.54, 1.807) is 0 Å².